The Kier molecular flexibility index (Phi) is 2.28. The van der Waals surface area contributed by atoms with Gasteiger partial charge in [0.15, 0.2) is 0 Å². The third-order valence-corrected chi connectivity index (χ3v) is 3.83. The largest absolute Gasteiger partial charge is 0.311 e. The predicted molar refractivity (Wildman–Crippen MR) is 59.9 cm³/mol. The Morgan fingerprint density at radius 3 is 2.93 bits per heavy atom. The second-order valence-corrected chi connectivity index (χ2v) is 4.82. The molecule has 0 aromatic carbocycles. The summed E-state index contributed by atoms with van der Waals surface area (Å²) in [6.07, 6.45) is 6.58. The molecule has 3 rings (SSSR count). The lowest BCUT2D eigenvalue weighted by molar-refractivity contribution is 0.435. The van der Waals surface area contributed by atoms with Gasteiger partial charge in [0.2, 0.25) is 0 Å². The number of nitrogens with one attached hydrogen (secondary N) is 1. The van der Waals surface area contributed by atoms with Crippen molar-refractivity contribution in [2.45, 2.75) is 51.6 Å². The van der Waals surface area contributed by atoms with Gasteiger partial charge in [-0.3, -0.25) is 4.68 Å². The van der Waals surface area contributed by atoms with E-state index in [9.17, 15) is 0 Å². The van der Waals surface area contributed by atoms with Crippen molar-refractivity contribution in [1.82, 2.24) is 15.1 Å². The Hall–Kier alpha value is -0.830. The van der Waals surface area contributed by atoms with Crippen LogP contribution >= 0.6 is 0 Å². The minimum absolute atomic E-state index is 0.687. The zero-order chi connectivity index (χ0) is 10.3. The van der Waals surface area contributed by atoms with Gasteiger partial charge in [-0.15, -0.1) is 0 Å². The maximum absolute atomic E-state index is 4.75. The van der Waals surface area contributed by atoms with E-state index in [0.29, 0.717) is 6.04 Å². The van der Waals surface area contributed by atoms with E-state index in [0.717, 1.165) is 19.5 Å². The van der Waals surface area contributed by atoms with Gasteiger partial charge < -0.3 is 5.32 Å². The molecule has 1 aliphatic heterocycles. The van der Waals surface area contributed by atoms with Gasteiger partial charge in [0, 0.05) is 6.54 Å². The van der Waals surface area contributed by atoms with Crippen molar-refractivity contribution in [3.63, 3.8) is 0 Å². The molecule has 0 amide bonds. The third kappa shape index (κ3) is 1.49. The maximum atomic E-state index is 4.75. The molecular weight excluding hydrogens is 186 g/mol. The van der Waals surface area contributed by atoms with E-state index in [1.165, 1.54) is 42.6 Å². The van der Waals surface area contributed by atoms with E-state index in [2.05, 4.69) is 16.9 Å². The van der Waals surface area contributed by atoms with Crippen LogP contribution < -0.4 is 5.32 Å². The summed E-state index contributed by atoms with van der Waals surface area (Å²) in [6.45, 7) is 4.30. The van der Waals surface area contributed by atoms with Crippen molar-refractivity contribution in [2.24, 2.45) is 0 Å². The van der Waals surface area contributed by atoms with Crippen molar-refractivity contribution in [1.29, 1.82) is 0 Å². The van der Waals surface area contributed by atoms with Crippen LogP contribution in [0.25, 0.3) is 0 Å². The molecule has 15 heavy (non-hydrogen) atoms. The minimum atomic E-state index is 0.687. The molecule has 1 aromatic rings. The highest BCUT2D eigenvalue weighted by molar-refractivity contribution is 5.28. The number of aryl methyl sites for hydroxylation is 1. The fourth-order valence-corrected chi connectivity index (χ4v) is 3.01. The molecule has 1 aliphatic carbocycles. The summed E-state index contributed by atoms with van der Waals surface area (Å²) in [7, 11) is 0. The van der Waals surface area contributed by atoms with Crippen LogP contribution in [0.15, 0.2) is 0 Å². The molecule has 0 atom stereocenters. The number of nitrogens with zero attached hydrogens (tertiary/aromatic N) is 2. The second kappa shape index (κ2) is 3.63. The van der Waals surface area contributed by atoms with Crippen molar-refractivity contribution in [2.75, 3.05) is 6.54 Å². The zero-order valence-corrected chi connectivity index (χ0v) is 9.42. The first kappa shape index (κ1) is 9.40. The summed E-state index contributed by atoms with van der Waals surface area (Å²) in [5, 5.41) is 8.21. The van der Waals surface area contributed by atoms with Crippen molar-refractivity contribution >= 4 is 0 Å². The number of hydrogen-bond acceptors (Lipinski definition) is 2. The van der Waals surface area contributed by atoms with Gasteiger partial charge in [0.05, 0.1) is 17.4 Å². The molecule has 0 spiro atoms. The minimum Gasteiger partial charge on any atom is -0.311 e. The quantitative estimate of drug-likeness (QED) is 0.759. The van der Waals surface area contributed by atoms with Crippen LogP contribution in [0.1, 0.15) is 48.7 Å². The van der Waals surface area contributed by atoms with Gasteiger partial charge in [0.25, 0.3) is 0 Å². The van der Waals surface area contributed by atoms with Gasteiger partial charge in [-0.25, -0.2) is 0 Å². The molecule has 2 aliphatic rings. The molecule has 2 heterocycles. The first-order valence-electron chi connectivity index (χ1n) is 6.14. The molecular formula is C12H19N3. The summed E-state index contributed by atoms with van der Waals surface area (Å²) in [6, 6.07) is 0.687. The number of rotatable bonds is 1. The van der Waals surface area contributed by atoms with Crippen LogP contribution in [0.5, 0.6) is 0 Å². The molecule has 1 aromatic heterocycles. The Bertz CT molecular complexity index is 361. The standard InChI is InChI=1S/C12H19N3/c1-9-11-6-7-13-8-12(11)15(14-9)10-4-2-3-5-10/h10,13H,2-8H2,1H3. The summed E-state index contributed by atoms with van der Waals surface area (Å²) >= 11 is 0. The van der Waals surface area contributed by atoms with Crippen molar-refractivity contribution in [3.8, 4) is 0 Å². The van der Waals surface area contributed by atoms with E-state index in [4.69, 9.17) is 5.10 Å². The molecule has 0 unspecified atom stereocenters. The fourth-order valence-electron chi connectivity index (χ4n) is 3.01. The molecule has 0 radical (unpaired) electrons. The van der Waals surface area contributed by atoms with E-state index in [-0.39, 0.29) is 0 Å². The van der Waals surface area contributed by atoms with E-state index < -0.39 is 0 Å². The van der Waals surface area contributed by atoms with Gasteiger partial charge in [0.1, 0.15) is 0 Å². The smallest absolute Gasteiger partial charge is 0.0629 e. The van der Waals surface area contributed by atoms with E-state index >= 15 is 0 Å². The first-order chi connectivity index (χ1) is 7.36. The SMILES string of the molecule is Cc1nn(C2CCCC2)c2c1CCNC2. The van der Waals surface area contributed by atoms with Crippen LogP contribution in [0.3, 0.4) is 0 Å². The molecule has 3 nitrogen and oxygen atoms in total. The Morgan fingerprint density at radius 1 is 1.33 bits per heavy atom. The molecule has 3 heteroatoms. The highest BCUT2D eigenvalue weighted by Gasteiger charge is 2.24. The molecule has 1 saturated carbocycles. The zero-order valence-electron chi connectivity index (χ0n) is 9.42. The van der Waals surface area contributed by atoms with Crippen LogP contribution in [0, 0.1) is 6.92 Å². The number of aromatic nitrogens is 2. The van der Waals surface area contributed by atoms with E-state index in [1.807, 2.05) is 0 Å². The highest BCUT2D eigenvalue weighted by atomic mass is 15.3. The monoisotopic (exact) mass is 205 g/mol. The summed E-state index contributed by atoms with van der Waals surface area (Å²) in [4.78, 5) is 0. The predicted octanol–water partition coefficient (Wildman–Crippen LogP) is 1.95. The Balaban J connectivity index is 1.99. The van der Waals surface area contributed by atoms with Crippen LogP contribution in [-0.2, 0) is 13.0 Å². The molecule has 82 valence electrons. The summed E-state index contributed by atoms with van der Waals surface area (Å²) in [5.41, 5.74) is 4.24. The summed E-state index contributed by atoms with van der Waals surface area (Å²) in [5.74, 6) is 0. The third-order valence-electron chi connectivity index (χ3n) is 3.83. The first-order valence-corrected chi connectivity index (χ1v) is 6.14. The highest BCUT2D eigenvalue weighted by Crippen LogP contribution is 2.32. The van der Waals surface area contributed by atoms with Crippen molar-refractivity contribution < 1.29 is 0 Å². The van der Waals surface area contributed by atoms with Crippen LogP contribution in [-0.4, -0.2) is 16.3 Å². The van der Waals surface area contributed by atoms with Gasteiger partial charge >= 0.3 is 0 Å². The number of fused-ring (bicyclic) bond motifs is 1. The molecule has 0 bridgehead atoms. The lowest BCUT2D eigenvalue weighted by Gasteiger charge is -2.18. The van der Waals surface area contributed by atoms with Crippen LogP contribution in [0.2, 0.25) is 0 Å². The average molecular weight is 205 g/mol. The molecule has 0 saturated heterocycles. The topological polar surface area (TPSA) is 29.9 Å². The van der Waals surface area contributed by atoms with Gasteiger partial charge in [-0.2, -0.15) is 5.10 Å². The normalized spacial score (nSPS) is 21.9. The molecule has 1 fully saturated rings. The number of hydrogen-bond donors (Lipinski definition) is 1. The van der Waals surface area contributed by atoms with Crippen LogP contribution in [0.4, 0.5) is 0 Å². The maximum Gasteiger partial charge on any atom is 0.0629 e. The van der Waals surface area contributed by atoms with Gasteiger partial charge in [-0.1, -0.05) is 12.8 Å². The Labute approximate surface area is 90.9 Å². The Morgan fingerprint density at radius 2 is 2.13 bits per heavy atom. The van der Waals surface area contributed by atoms with Crippen molar-refractivity contribution in [3.05, 3.63) is 17.0 Å². The molecule has 1 N–H and O–H groups in total. The second-order valence-electron chi connectivity index (χ2n) is 4.82. The fraction of sp³-hybridized carbons (Fsp3) is 0.750. The lowest BCUT2D eigenvalue weighted by atomic mass is 10.1. The lowest BCUT2D eigenvalue weighted by Crippen LogP contribution is -2.26. The van der Waals surface area contributed by atoms with E-state index in [1.54, 1.807) is 0 Å². The average Bonchev–Trinajstić information content (AvgIpc) is 2.87. The van der Waals surface area contributed by atoms with Gasteiger partial charge in [-0.05, 0) is 38.3 Å². The summed E-state index contributed by atoms with van der Waals surface area (Å²) < 4.78 is 2.32.